The number of benzene rings is 2. The minimum Gasteiger partial charge on any atom is -0.508 e. The molecule has 0 aromatic heterocycles. The fraction of sp³-hybridized carbons (Fsp3) is 0.484. The molecule has 2 rings (SSSR count). The number of phenolic OH excluding ortho intramolecular Hbond substituents is 2. The van der Waals surface area contributed by atoms with Crippen molar-refractivity contribution in [2.45, 2.75) is 38.9 Å². The number of carbonyl (C=O) groups is 4. The Bertz CT molecular complexity index is 1260. The van der Waals surface area contributed by atoms with Crippen molar-refractivity contribution in [1.29, 1.82) is 0 Å². The molecule has 0 bridgehead atoms. The molecule has 48 heavy (non-hydrogen) atoms. The number of aromatic hydroxyl groups is 2. The maximum Gasteiger partial charge on any atom is 0.412 e. The minimum absolute atomic E-state index is 0. The summed E-state index contributed by atoms with van der Waals surface area (Å²) in [6, 6.07) is 12.3. The van der Waals surface area contributed by atoms with Crippen LogP contribution in [0, 0.1) is 0 Å². The second kappa shape index (κ2) is 24.8. The van der Waals surface area contributed by atoms with Gasteiger partial charge in [-0.1, -0.05) is 24.3 Å². The van der Waals surface area contributed by atoms with Crippen molar-refractivity contribution in [3.63, 3.8) is 0 Å². The molecule has 0 radical (unpaired) electrons. The molecule has 2 aromatic rings. The first kappa shape index (κ1) is 43.6. The van der Waals surface area contributed by atoms with Gasteiger partial charge in [-0.25, -0.2) is 9.59 Å². The van der Waals surface area contributed by atoms with E-state index in [1.54, 1.807) is 45.2 Å². The van der Waals surface area contributed by atoms with Crippen LogP contribution in [0.2, 0.25) is 0 Å². The van der Waals surface area contributed by atoms with Gasteiger partial charge in [0.2, 0.25) is 13.6 Å². The van der Waals surface area contributed by atoms with Crippen LogP contribution in [-0.2, 0) is 28.5 Å². The predicted molar refractivity (Wildman–Crippen MR) is 175 cm³/mol. The number of nitrogens with one attached hydrogen (secondary N) is 1. The third-order valence-electron chi connectivity index (χ3n) is 6.31. The summed E-state index contributed by atoms with van der Waals surface area (Å²) in [7, 11) is 1.71. The highest BCUT2D eigenvalue weighted by Gasteiger charge is 2.20. The standard InChI is InChI=1S/C16H24N2O6.C15H22N2O6.ClH/c1-3-18(10-14(20)12-5-4-6-13(19)9-12)16(22)24-11-23-15(21)7-8-17-2;1-2-17(15(21)23-10-22-14(20)6-7-16)9-13(19)11-4-3-5-12(18)8-11;/h4-6,9,14,17,19-20H,3,7-8,10-11H2,1-2H3;3-5,8,13,18-19H,2,6-7,9-10,16H2,1H3;1H. The summed E-state index contributed by atoms with van der Waals surface area (Å²) in [5.41, 5.74) is 6.15. The molecule has 2 amide bonds. The van der Waals surface area contributed by atoms with E-state index in [9.17, 15) is 39.6 Å². The predicted octanol–water partition coefficient (Wildman–Crippen LogP) is 2.15. The van der Waals surface area contributed by atoms with Crippen LogP contribution in [0.5, 0.6) is 11.5 Å². The van der Waals surface area contributed by atoms with Gasteiger partial charge in [0, 0.05) is 26.2 Å². The van der Waals surface area contributed by atoms with Gasteiger partial charge in [0.05, 0.1) is 38.1 Å². The van der Waals surface area contributed by atoms with Crippen LogP contribution in [0.3, 0.4) is 0 Å². The maximum absolute atomic E-state index is 11.9. The Balaban J connectivity index is 0.000000902. The number of ether oxygens (including phenoxy) is 4. The van der Waals surface area contributed by atoms with Gasteiger partial charge in [0.15, 0.2) is 0 Å². The molecule has 0 heterocycles. The van der Waals surface area contributed by atoms with Crippen molar-refractivity contribution < 1.29 is 58.6 Å². The second-order valence-electron chi connectivity index (χ2n) is 9.78. The summed E-state index contributed by atoms with van der Waals surface area (Å²) in [5.74, 6) is -0.965. The number of hydrogen-bond donors (Lipinski definition) is 6. The first-order valence-electron chi connectivity index (χ1n) is 14.9. The number of likely N-dealkylation sites (N-methyl/N-ethyl adjacent to an activating group) is 2. The molecule has 2 atom stereocenters. The van der Waals surface area contributed by atoms with Gasteiger partial charge in [-0.15, -0.1) is 12.4 Å². The molecule has 17 heteroatoms. The number of esters is 2. The molecular weight excluding hydrogens is 656 g/mol. The lowest BCUT2D eigenvalue weighted by Crippen LogP contribution is -2.35. The van der Waals surface area contributed by atoms with E-state index in [0.29, 0.717) is 30.8 Å². The van der Waals surface area contributed by atoms with Crippen LogP contribution < -0.4 is 11.1 Å². The third-order valence-corrected chi connectivity index (χ3v) is 6.31. The number of nitrogens with zero attached hydrogens (tertiary/aromatic N) is 2. The summed E-state index contributed by atoms with van der Waals surface area (Å²) in [6.07, 6.45) is -3.13. The molecule has 0 saturated heterocycles. The molecule has 0 aliphatic rings. The van der Waals surface area contributed by atoms with E-state index in [1.165, 1.54) is 34.1 Å². The fourth-order valence-corrected chi connectivity index (χ4v) is 3.72. The summed E-state index contributed by atoms with van der Waals surface area (Å²) < 4.78 is 19.1. The van der Waals surface area contributed by atoms with Crippen LogP contribution in [-0.4, -0.2) is 114 Å². The van der Waals surface area contributed by atoms with Crippen LogP contribution >= 0.6 is 12.4 Å². The van der Waals surface area contributed by atoms with E-state index in [-0.39, 0.29) is 56.4 Å². The van der Waals surface area contributed by atoms with Gasteiger partial charge in [0.1, 0.15) is 11.5 Å². The van der Waals surface area contributed by atoms with E-state index in [4.69, 9.17) is 19.9 Å². The second-order valence-corrected chi connectivity index (χ2v) is 9.78. The molecule has 0 fully saturated rings. The van der Waals surface area contributed by atoms with Gasteiger partial charge < -0.3 is 60.2 Å². The Morgan fingerprint density at radius 1 is 0.750 bits per heavy atom. The zero-order valence-corrected chi connectivity index (χ0v) is 28.1. The van der Waals surface area contributed by atoms with Gasteiger partial charge >= 0.3 is 24.1 Å². The van der Waals surface area contributed by atoms with Crippen LogP contribution in [0.4, 0.5) is 9.59 Å². The summed E-state index contributed by atoms with van der Waals surface area (Å²) >= 11 is 0. The number of aliphatic hydroxyl groups excluding tert-OH is 2. The topological polar surface area (TPSA) is 231 Å². The lowest BCUT2D eigenvalue weighted by Gasteiger charge is -2.23. The Kier molecular flexibility index (Phi) is 22.5. The van der Waals surface area contributed by atoms with Crippen molar-refractivity contribution in [3.8, 4) is 11.5 Å². The fourth-order valence-electron chi connectivity index (χ4n) is 3.72. The van der Waals surface area contributed by atoms with E-state index >= 15 is 0 Å². The van der Waals surface area contributed by atoms with Gasteiger partial charge in [0.25, 0.3) is 0 Å². The van der Waals surface area contributed by atoms with Gasteiger partial charge in [-0.3, -0.25) is 9.59 Å². The van der Waals surface area contributed by atoms with Crippen LogP contribution in [0.25, 0.3) is 0 Å². The Labute approximate surface area is 285 Å². The number of carbonyl (C=O) groups excluding carboxylic acids is 4. The zero-order chi connectivity index (χ0) is 35.2. The average Bonchev–Trinajstić information content (AvgIpc) is 3.05. The molecule has 2 aromatic carbocycles. The normalized spacial score (nSPS) is 11.4. The van der Waals surface area contributed by atoms with Crippen molar-refractivity contribution in [2.75, 3.05) is 59.9 Å². The first-order chi connectivity index (χ1) is 22.4. The van der Waals surface area contributed by atoms with Crippen molar-refractivity contribution in [3.05, 3.63) is 59.7 Å². The van der Waals surface area contributed by atoms with Crippen LogP contribution in [0.15, 0.2) is 48.5 Å². The van der Waals surface area contributed by atoms with Gasteiger partial charge in [-0.2, -0.15) is 0 Å². The highest BCUT2D eigenvalue weighted by atomic mass is 35.5. The lowest BCUT2D eigenvalue weighted by atomic mass is 10.1. The molecule has 270 valence electrons. The maximum atomic E-state index is 11.9. The quantitative estimate of drug-likeness (QED) is 0.103. The molecule has 0 saturated carbocycles. The van der Waals surface area contributed by atoms with Crippen molar-refractivity contribution in [2.24, 2.45) is 5.73 Å². The lowest BCUT2D eigenvalue weighted by molar-refractivity contribution is -0.153. The number of hydrogen-bond acceptors (Lipinski definition) is 14. The average molecular weight is 703 g/mol. The number of halogens is 1. The van der Waals surface area contributed by atoms with Crippen molar-refractivity contribution in [1.82, 2.24) is 15.1 Å². The SMILES string of the molecule is CCN(CC(O)c1cccc(O)c1)C(=O)OCOC(=O)CCN.CCN(CC(O)c1cccc(O)c1)C(=O)OCOC(=O)CCNC.Cl. The number of phenols is 2. The molecule has 0 aliphatic carbocycles. The van der Waals surface area contributed by atoms with Crippen LogP contribution in [0.1, 0.15) is 50.0 Å². The number of nitrogens with two attached hydrogens (primary N) is 1. The molecule has 2 unspecified atom stereocenters. The summed E-state index contributed by atoms with van der Waals surface area (Å²) in [4.78, 5) is 48.7. The molecule has 0 spiro atoms. The monoisotopic (exact) mass is 702 g/mol. The van der Waals surface area contributed by atoms with E-state index in [0.717, 1.165) is 0 Å². The smallest absolute Gasteiger partial charge is 0.412 e. The highest BCUT2D eigenvalue weighted by Crippen LogP contribution is 2.20. The zero-order valence-electron chi connectivity index (χ0n) is 27.3. The Morgan fingerprint density at radius 2 is 1.17 bits per heavy atom. The number of amides is 2. The van der Waals surface area contributed by atoms with E-state index in [2.05, 4.69) is 10.1 Å². The van der Waals surface area contributed by atoms with Gasteiger partial charge in [-0.05, 0) is 56.3 Å². The first-order valence-corrected chi connectivity index (χ1v) is 14.9. The third kappa shape index (κ3) is 17.5. The molecule has 0 aliphatic heterocycles. The summed E-state index contributed by atoms with van der Waals surface area (Å²) in [6.45, 7) is 3.69. The summed E-state index contributed by atoms with van der Waals surface area (Å²) in [5, 5.41) is 41.9. The van der Waals surface area contributed by atoms with Crippen molar-refractivity contribution >= 4 is 36.5 Å². The number of aliphatic hydroxyl groups is 2. The Hall–Kier alpha value is -4.35. The van der Waals surface area contributed by atoms with E-state index < -0.39 is 49.9 Å². The molecular formula is C31H47ClN4O12. The number of rotatable bonds is 17. The Morgan fingerprint density at radius 3 is 1.52 bits per heavy atom. The largest absolute Gasteiger partial charge is 0.508 e. The molecule has 16 nitrogen and oxygen atoms in total. The van der Waals surface area contributed by atoms with E-state index in [1.807, 2.05) is 0 Å². The minimum atomic E-state index is -0.977. The highest BCUT2D eigenvalue weighted by molar-refractivity contribution is 5.85. The molecule has 7 N–H and O–H groups in total.